The number of carbonyl (C=O) groups is 1. The van der Waals surface area contributed by atoms with Gasteiger partial charge in [-0.15, -0.1) is 10.2 Å². The molecule has 1 saturated heterocycles. The minimum Gasteiger partial charge on any atom is -0.353 e. The SMILES string of the molecule is CC1C(=O)NCCN1Cc1nnc(NN)s1. The van der Waals surface area contributed by atoms with Crippen LogP contribution >= 0.6 is 11.3 Å². The Bertz CT molecular complexity index is 380. The number of hydrogen-bond acceptors (Lipinski definition) is 7. The van der Waals surface area contributed by atoms with Crippen LogP contribution in [0.2, 0.25) is 0 Å². The molecular weight excluding hydrogens is 228 g/mol. The van der Waals surface area contributed by atoms with Gasteiger partial charge in [0.2, 0.25) is 11.0 Å². The average molecular weight is 242 g/mol. The Kier molecular flexibility index (Phi) is 3.32. The highest BCUT2D eigenvalue weighted by Gasteiger charge is 2.26. The van der Waals surface area contributed by atoms with E-state index in [1.165, 1.54) is 11.3 Å². The summed E-state index contributed by atoms with van der Waals surface area (Å²) in [7, 11) is 0. The van der Waals surface area contributed by atoms with E-state index in [-0.39, 0.29) is 11.9 Å². The third-order valence-corrected chi connectivity index (χ3v) is 3.39. The first-order chi connectivity index (χ1) is 7.70. The lowest BCUT2D eigenvalue weighted by Crippen LogP contribution is -2.53. The minimum absolute atomic E-state index is 0.0629. The molecule has 88 valence electrons. The van der Waals surface area contributed by atoms with E-state index in [1.807, 2.05) is 6.92 Å². The maximum Gasteiger partial charge on any atom is 0.237 e. The first-order valence-electron chi connectivity index (χ1n) is 5.01. The fraction of sp³-hybridized carbons (Fsp3) is 0.625. The first-order valence-corrected chi connectivity index (χ1v) is 5.83. The first kappa shape index (κ1) is 11.2. The summed E-state index contributed by atoms with van der Waals surface area (Å²) in [6, 6.07) is -0.119. The topological polar surface area (TPSA) is 96.2 Å². The van der Waals surface area contributed by atoms with E-state index in [2.05, 4.69) is 25.8 Å². The summed E-state index contributed by atoms with van der Waals surface area (Å²) in [6.07, 6.45) is 0. The van der Waals surface area contributed by atoms with Crippen molar-refractivity contribution < 1.29 is 4.79 Å². The van der Waals surface area contributed by atoms with Crippen LogP contribution in [0.25, 0.3) is 0 Å². The molecule has 1 aliphatic rings. The Hall–Kier alpha value is -1.25. The van der Waals surface area contributed by atoms with Crippen LogP contribution in [0, 0.1) is 0 Å². The molecule has 0 aromatic carbocycles. The van der Waals surface area contributed by atoms with E-state index in [0.717, 1.165) is 11.6 Å². The predicted molar refractivity (Wildman–Crippen MR) is 60.6 cm³/mol. The third kappa shape index (κ3) is 2.29. The number of nitrogens with zero attached hydrogens (tertiary/aromatic N) is 3. The molecule has 1 amide bonds. The molecule has 0 saturated carbocycles. The quantitative estimate of drug-likeness (QED) is 0.472. The van der Waals surface area contributed by atoms with Crippen molar-refractivity contribution in [2.24, 2.45) is 5.84 Å². The van der Waals surface area contributed by atoms with Crippen molar-refractivity contribution in [1.82, 2.24) is 20.4 Å². The molecule has 1 fully saturated rings. The van der Waals surface area contributed by atoms with Gasteiger partial charge < -0.3 is 5.32 Å². The Morgan fingerprint density at radius 2 is 2.50 bits per heavy atom. The van der Waals surface area contributed by atoms with E-state index in [9.17, 15) is 4.79 Å². The largest absolute Gasteiger partial charge is 0.353 e. The summed E-state index contributed by atoms with van der Waals surface area (Å²) in [5.74, 6) is 5.29. The van der Waals surface area contributed by atoms with Crippen LogP contribution in [0.3, 0.4) is 0 Å². The fourth-order valence-electron chi connectivity index (χ4n) is 1.60. The average Bonchev–Trinajstić information content (AvgIpc) is 2.73. The molecule has 8 heteroatoms. The Morgan fingerprint density at radius 1 is 1.69 bits per heavy atom. The summed E-state index contributed by atoms with van der Waals surface area (Å²) in [5, 5.41) is 12.1. The van der Waals surface area contributed by atoms with Gasteiger partial charge in [-0.05, 0) is 6.92 Å². The zero-order valence-corrected chi connectivity index (χ0v) is 9.75. The van der Waals surface area contributed by atoms with Gasteiger partial charge in [-0.1, -0.05) is 11.3 Å². The van der Waals surface area contributed by atoms with E-state index < -0.39 is 0 Å². The van der Waals surface area contributed by atoms with Crippen molar-refractivity contribution in [2.75, 3.05) is 18.5 Å². The molecule has 16 heavy (non-hydrogen) atoms. The van der Waals surface area contributed by atoms with Gasteiger partial charge in [0.15, 0.2) is 0 Å². The smallest absolute Gasteiger partial charge is 0.237 e. The van der Waals surface area contributed by atoms with Gasteiger partial charge in [0.1, 0.15) is 5.01 Å². The second-order valence-corrected chi connectivity index (χ2v) is 4.64. The van der Waals surface area contributed by atoms with Crippen molar-refractivity contribution in [3.05, 3.63) is 5.01 Å². The van der Waals surface area contributed by atoms with Crippen molar-refractivity contribution in [3.8, 4) is 0 Å². The highest BCUT2D eigenvalue weighted by molar-refractivity contribution is 7.15. The molecule has 1 aromatic rings. The Labute approximate surface area is 97.0 Å². The van der Waals surface area contributed by atoms with Gasteiger partial charge in [-0.3, -0.25) is 15.1 Å². The van der Waals surface area contributed by atoms with Gasteiger partial charge in [0.25, 0.3) is 0 Å². The van der Waals surface area contributed by atoms with E-state index >= 15 is 0 Å². The standard InChI is InChI=1S/C8H14N6OS/c1-5-7(15)10-2-3-14(5)4-6-12-13-8(11-9)16-6/h5H,2-4,9H2,1H3,(H,10,15)(H,11,13). The summed E-state index contributed by atoms with van der Waals surface area (Å²) >= 11 is 1.40. The summed E-state index contributed by atoms with van der Waals surface area (Å²) in [5.41, 5.74) is 2.45. The van der Waals surface area contributed by atoms with E-state index in [0.29, 0.717) is 18.2 Å². The molecule has 1 aliphatic heterocycles. The number of anilines is 1. The summed E-state index contributed by atoms with van der Waals surface area (Å²) < 4.78 is 0. The number of hydrogen-bond donors (Lipinski definition) is 3. The molecule has 1 unspecified atom stereocenters. The normalized spacial score (nSPS) is 21.9. The number of nitrogens with two attached hydrogens (primary N) is 1. The lowest BCUT2D eigenvalue weighted by atomic mass is 10.2. The molecule has 0 radical (unpaired) electrons. The second-order valence-electron chi connectivity index (χ2n) is 3.58. The van der Waals surface area contributed by atoms with Crippen LogP contribution < -0.4 is 16.6 Å². The minimum atomic E-state index is -0.119. The van der Waals surface area contributed by atoms with Gasteiger partial charge in [0, 0.05) is 13.1 Å². The lowest BCUT2D eigenvalue weighted by Gasteiger charge is -2.31. The molecule has 1 atom stereocenters. The van der Waals surface area contributed by atoms with Gasteiger partial charge in [-0.25, -0.2) is 5.84 Å². The van der Waals surface area contributed by atoms with Crippen LogP contribution in [0.15, 0.2) is 0 Å². The molecule has 0 aliphatic carbocycles. The molecule has 7 nitrogen and oxygen atoms in total. The van der Waals surface area contributed by atoms with Crippen LogP contribution in [0.5, 0.6) is 0 Å². The number of nitrogen functional groups attached to an aromatic ring is 1. The van der Waals surface area contributed by atoms with Crippen LogP contribution in [-0.4, -0.2) is 40.1 Å². The number of piperazine rings is 1. The molecule has 2 heterocycles. The maximum atomic E-state index is 11.4. The number of carbonyl (C=O) groups excluding carboxylic acids is 1. The highest BCUT2D eigenvalue weighted by Crippen LogP contribution is 2.17. The highest BCUT2D eigenvalue weighted by atomic mass is 32.1. The lowest BCUT2D eigenvalue weighted by molar-refractivity contribution is -0.128. The van der Waals surface area contributed by atoms with Crippen molar-refractivity contribution in [2.45, 2.75) is 19.5 Å². The molecule has 0 spiro atoms. The Balaban J connectivity index is 2.00. The van der Waals surface area contributed by atoms with E-state index in [4.69, 9.17) is 5.84 Å². The fourth-order valence-corrected chi connectivity index (χ4v) is 2.27. The summed E-state index contributed by atoms with van der Waals surface area (Å²) in [4.78, 5) is 13.5. The van der Waals surface area contributed by atoms with Crippen molar-refractivity contribution in [3.63, 3.8) is 0 Å². The van der Waals surface area contributed by atoms with Crippen LogP contribution in [0.1, 0.15) is 11.9 Å². The van der Waals surface area contributed by atoms with Crippen LogP contribution in [-0.2, 0) is 11.3 Å². The molecule has 0 bridgehead atoms. The predicted octanol–water partition coefficient (Wildman–Crippen LogP) is -0.856. The molecule has 2 rings (SSSR count). The maximum absolute atomic E-state index is 11.4. The zero-order chi connectivity index (χ0) is 11.5. The summed E-state index contributed by atoms with van der Waals surface area (Å²) in [6.45, 7) is 4.04. The second kappa shape index (κ2) is 4.73. The number of nitrogens with one attached hydrogen (secondary N) is 2. The van der Waals surface area contributed by atoms with Gasteiger partial charge in [-0.2, -0.15) is 0 Å². The van der Waals surface area contributed by atoms with Gasteiger partial charge >= 0.3 is 0 Å². The number of amides is 1. The molecule has 1 aromatic heterocycles. The van der Waals surface area contributed by atoms with E-state index in [1.54, 1.807) is 0 Å². The molecular formula is C8H14N6OS. The molecule has 4 N–H and O–H groups in total. The van der Waals surface area contributed by atoms with Crippen LogP contribution in [0.4, 0.5) is 5.13 Å². The van der Waals surface area contributed by atoms with Gasteiger partial charge in [0.05, 0.1) is 12.6 Å². The monoisotopic (exact) mass is 242 g/mol. The Morgan fingerprint density at radius 3 is 3.19 bits per heavy atom. The number of hydrazine groups is 1. The van der Waals surface area contributed by atoms with Crippen molar-refractivity contribution in [1.29, 1.82) is 0 Å². The number of rotatable bonds is 3. The number of aromatic nitrogens is 2. The third-order valence-electron chi connectivity index (χ3n) is 2.55. The zero-order valence-electron chi connectivity index (χ0n) is 8.93. The van der Waals surface area contributed by atoms with Crippen molar-refractivity contribution >= 4 is 22.4 Å².